The molecule has 0 saturated carbocycles. The Morgan fingerprint density at radius 1 is 1.13 bits per heavy atom. The maximum Gasteiger partial charge on any atom is 0.419 e. The van der Waals surface area contributed by atoms with Crippen LogP contribution in [0.3, 0.4) is 0 Å². The topological polar surface area (TPSA) is 88.2 Å². The lowest BCUT2D eigenvalue weighted by Crippen LogP contribution is -2.33. The van der Waals surface area contributed by atoms with Gasteiger partial charge in [0.25, 0.3) is 0 Å². The Kier molecular flexibility index (Phi) is 5.60. The normalized spacial score (nSPS) is 12.2. The summed E-state index contributed by atoms with van der Waals surface area (Å²) in [6, 6.07) is 4.93. The van der Waals surface area contributed by atoms with Crippen molar-refractivity contribution in [3.63, 3.8) is 0 Å². The Morgan fingerprint density at radius 3 is 2.40 bits per heavy atom. The van der Waals surface area contributed by atoms with Gasteiger partial charge in [-0.2, -0.15) is 8.78 Å². The standard InChI is InChI=1S/C20H22F2N4O4/c1-5-29-17(27)20(21,22)9-13-10-26(18(28)30-19(2,3)4)16-7-6-14(8-15(13)16)25-11-23-24-12-25/h6-8,10-12H,5,9H2,1-4H3. The van der Waals surface area contributed by atoms with Gasteiger partial charge < -0.3 is 9.47 Å². The van der Waals surface area contributed by atoms with Crippen molar-refractivity contribution < 1.29 is 27.8 Å². The zero-order valence-corrected chi connectivity index (χ0v) is 17.1. The molecule has 10 heteroatoms. The first-order chi connectivity index (χ1) is 14.0. The number of benzene rings is 1. The molecule has 8 nitrogen and oxygen atoms in total. The maximum absolute atomic E-state index is 14.4. The molecule has 0 saturated heterocycles. The minimum Gasteiger partial charge on any atom is -0.462 e. The molecule has 0 spiro atoms. The summed E-state index contributed by atoms with van der Waals surface area (Å²) >= 11 is 0. The van der Waals surface area contributed by atoms with Gasteiger partial charge in [0.1, 0.15) is 18.3 Å². The molecule has 0 unspecified atom stereocenters. The Labute approximate surface area is 171 Å². The van der Waals surface area contributed by atoms with E-state index in [9.17, 15) is 18.4 Å². The van der Waals surface area contributed by atoms with Crippen LogP contribution in [0.15, 0.2) is 37.1 Å². The van der Waals surface area contributed by atoms with E-state index in [1.807, 2.05) is 0 Å². The molecule has 3 aromatic rings. The minimum absolute atomic E-state index is 0.101. The number of hydrogen-bond acceptors (Lipinski definition) is 6. The summed E-state index contributed by atoms with van der Waals surface area (Å²) in [4.78, 5) is 24.3. The molecule has 0 aliphatic rings. The lowest BCUT2D eigenvalue weighted by atomic mass is 10.1. The van der Waals surface area contributed by atoms with Crippen LogP contribution < -0.4 is 0 Å². The number of fused-ring (bicyclic) bond motifs is 1. The number of halogens is 2. The van der Waals surface area contributed by atoms with Crippen LogP contribution in [-0.4, -0.2) is 49.5 Å². The van der Waals surface area contributed by atoms with Gasteiger partial charge >= 0.3 is 18.0 Å². The number of nitrogens with zero attached hydrogens (tertiary/aromatic N) is 4. The Bertz CT molecular complexity index is 1070. The van der Waals surface area contributed by atoms with Crippen LogP contribution in [0.1, 0.15) is 33.3 Å². The van der Waals surface area contributed by atoms with E-state index in [0.717, 1.165) is 4.57 Å². The third-order valence-corrected chi connectivity index (χ3v) is 4.16. The second-order valence-electron chi connectivity index (χ2n) is 7.68. The molecule has 0 radical (unpaired) electrons. The molecule has 0 amide bonds. The average Bonchev–Trinajstić information content (AvgIpc) is 3.28. The zero-order chi connectivity index (χ0) is 22.1. The molecular weight excluding hydrogens is 398 g/mol. The van der Waals surface area contributed by atoms with Crippen LogP contribution in [0.5, 0.6) is 0 Å². The van der Waals surface area contributed by atoms with Gasteiger partial charge in [-0.15, -0.1) is 10.2 Å². The highest BCUT2D eigenvalue weighted by Crippen LogP contribution is 2.31. The second kappa shape index (κ2) is 7.85. The number of aromatic nitrogens is 4. The molecule has 2 heterocycles. The van der Waals surface area contributed by atoms with Crippen molar-refractivity contribution in [2.75, 3.05) is 6.61 Å². The third-order valence-electron chi connectivity index (χ3n) is 4.16. The van der Waals surface area contributed by atoms with E-state index in [0.29, 0.717) is 16.6 Å². The first-order valence-electron chi connectivity index (χ1n) is 9.29. The van der Waals surface area contributed by atoms with Crippen molar-refractivity contribution in [2.24, 2.45) is 0 Å². The number of hydrogen-bond donors (Lipinski definition) is 0. The minimum atomic E-state index is -3.75. The summed E-state index contributed by atoms with van der Waals surface area (Å²) in [6.07, 6.45) is 2.54. The molecule has 3 rings (SSSR count). The number of alkyl halides is 2. The van der Waals surface area contributed by atoms with Gasteiger partial charge in [0.2, 0.25) is 0 Å². The molecule has 30 heavy (non-hydrogen) atoms. The monoisotopic (exact) mass is 420 g/mol. The summed E-state index contributed by atoms with van der Waals surface area (Å²) < 4.78 is 41.5. The molecule has 0 aliphatic carbocycles. The van der Waals surface area contributed by atoms with Crippen molar-refractivity contribution in [1.29, 1.82) is 0 Å². The number of esters is 1. The Hall–Kier alpha value is -3.30. The largest absolute Gasteiger partial charge is 0.462 e. The Morgan fingerprint density at radius 2 is 1.80 bits per heavy atom. The van der Waals surface area contributed by atoms with Crippen LogP contribution in [0.25, 0.3) is 16.6 Å². The third kappa shape index (κ3) is 4.47. The molecule has 0 N–H and O–H groups in total. The first-order valence-corrected chi connectivity index (χ1v) is 9.29. The van der Waals surface area contributed by atoms with Gasteiger partial charge in [-0.1, -0.05) is 0 Å². The van der Waals surface area contributed by atoms with E-state index in [1.165, 1.54) is 25.8 Å². The van der Waals surface area contributed by atoms with E-state index in [1.54, 1.807) is 43.5 Å². The summed E-state index contributed by atoms with van der Waals surface area (Å²) in [7, 11) is 0. The molecule has 160 valence electrons. The number of carbonyl (C=O) groups is 2. The number of ether oxygens (including phenoxy) is 2. The predicted octanol–water partition coefficient (Wildman–Crippen LogP) is 3.75. The van der Waals surface area contributed by atoms with Gasteiger partial charge in [-0.05, 0) is 51.5 Å². The van der Waals surface area contributed by atoms with E-state index in [4.69, 9.17) is 4.74 Å². The summed E-state index contributed by atoms with van der Waals surface area (Å²) in [5.41, 5.74) is 0.306. The fourth-order valence-corrected chi connectivity index (χ4v) is 2.93. The molecule has 1 aromatic carbocycles. The van der Waals surface area contributed by atoms with Crippen molar-refractivity contribution in [2.45, 2.75) is 45.6 Å². The van der Waals surface area contributed by atoms with Gasteiger partial charge in [-0.25, -0.2) is 9.59 Å². The van der Waals surface area contributed by atoms with E-state index < -0.39 is 30.0 Å². The lowest BCUT2D eigenvalue weighted by Gasteiger charge is -2.19. The molecule has 2 aromatic heterocycles. The summed E-state index contributed by atoms with van der Waals surface area (Å²) in [5.74, 6) is -5.37. The van der Waals surface area contributed by atoms with Gasteiger partial charge in [-0.3, -0.25) is 9.13 Å². The van der Waals surface area contributed by atoms with Gasteiger partial charge in [0, 0.05) is 23.7 Å². The summed E-state index contributed by atoms with van der Waals surface area (Å²) in [6.45, 7) is 6.41. The molecule has 0 fully saturated rings. The Balaban J connectivity index is 2.10. The van der Waals surface area contributed by atoms with Crippen LogP contribution in [0.2, 0.25) is 0 Å². The highest BCUT2D eigenvalue weighted by atomic mass is 19.3. The average molecular weight is 420 g/mol. The highest BCUT2D eigenvalue weighted by Gasteiger charge is 2.41. The first kappa shape index (κ1) is 21.4. The highest BCUT2D eigenvalue weighted by molar-refractivity contribution is 5.94. The van der Waals surface area contributed by atoms with Crippen LogP contribution in [0, 0.1) is 0 Å². The van der Waals surface area contributed by atoms with Crippen molar-refractivity contribution in [1.82, 2.24) is 19.3 Å². The fourth-order valence-electron chi connectivity index (χ4n) is 2.93. The lowest BCUT2D eigenvalue weighted by molar-refractivity contribution is -0.171. The van der Waals surface area contributed by atoms with Crippen LogP contribution >= 0.6 is 0 Å². The van der Waals surface area contributed by atoms with E-state index in [2.05, 4.69) is 14.9 Å². The zero-order valence-electron chi connectivity index (χ0n) is 17.1. The molecular formula is C20H22F2N4O4. The van der Waals surface area contributed by atoms with E-state index >= 15 is 0 Å². The van der Waals surface area contributed by atoms with Crippen LogP contribution in [-0.2, 0) is 20.7 Å². The molecule has 0 bridgehead atoms. The SMILES string of the molecule is CCOC(=O)C(F)(F)Cc1cn(C(=O)OC(C)(C)C)c2ccc(-n3cnnc3)cc12. The van der Waals surface area contributed by atoms with E-state index in [-0.39, 0.29) is 12.2 Å². The van der Waals surface area contributed by atoms with Gasteiger partial charge in [0.15, 0.2) is 0 Å². The fraction of sp³-hybridized carbons (Fsp3) is 0.400. The second-order valence-corrected chi connectivity index (χ2v) is 7.68. The number of rotatable bonds is 5. The molecule has 0 atom stereocenters. The maximum atomic E-state index is 14.4. The molecule has 0 aliphatic heterocycles. The van der Waals surface area contributed by atoms with Gasteiger partial charge in [0.05, 0.1) is 12.1 Å². The predicted molar refractivity (Wildman–Crippen MR) is 104 cm³/mol. The van der Waals surface area contributed by atoms with Crippen molar-refractivity contribution in [3.05, 3.63) is 42.6 Å². The van der Waals surface area contributed by atoms with Crippen molar-refractivity contribution >= 4 is 23.0 Å². The smallest absolute Gasteiger partial charge is 0.419 e. The summed E-state index contributed by atoms with van der Waals surface area (Å²) in [5, 5.41) is 7.83. The number of carbonyl (C=O) groups excluding carboxylic acids is 2. The van der Waals surface area contributed by atoms with Crippen molar-refractivity contribution in [3.8, 4) is 5.69 Å². The quantitative estimate of drug-likeness (QED) is 0.584. The van der Waals surface area contributed by atoms with Crippen LogP contribution in [0.4, 0.5) is 13.6 Å².